The number of nitrogens with one attached hydrogen (secondary N) is 1. The fourth-order valence-electron chi connectivity index (χ4n) is 3.46. The Balaban J connectivity index is 0.00000245. The van der Waals surface area contributed by atoms with Gasteiger partial charge in [-0.05, 0) is 48.9 Å². The molecular weight excluding hydrogens is 445 g/mol. The second kappa shape index (κ2) is 9.42. The molecule has 0 saturated heterocycles. The predicted molar refractivity (Wildman–Crippen MR) is 128 cm³/mol. The van der Waals surface area contributed by atoms with Crippen molar-refractivity contribution < 1.29 is 4.74 Å². The Morgan fingerprint density at radius 2 is 1.88 bits per heavy atom. The first-order chi connectivity index (χ1) is 15.2. The smallest absolute Gasteiger partial charge is 0.178 e. The normalized spacial score (nSPS) is 10.8. The van der Waals surface area contributed by atoms with Crippen LogP contribution in [0.4, 0.5) is 0 Å². The largest absolute Gasteiger partial charge is 0.489 e. The summed E-state index contributed by atoms with van der Waals surface area (Å²) in [6.07, 6.45) is 1.73. The van der Waals surface area contributed by atoms with Gasteiger partial charge in [0.2, 0.25) is 0 Å². The van der Waals surface area contributed by atoms with Crippen LogP contribution < -0.4 is 4.74 Å². The van der Waals surface area contributed by atoms with Gasteiger partial charge in [-0.3, -0.25) is 4.68 Å². The van der Waals surface area contributed by atoms with Crippen LogP contribution in [0.25, 0.3) is 22.7 Å². The SMILES string of the molecule is Cc1cc(-c2nc3ncccc3[nH]2)nn1Cc1cc(Cl)ccc1OCc1ccccc1.Cl. The number of aryl methyl sites for hydroxylation is 1. The van der Waals surface area contributed by atoms with E-state index in [0.29, 0.717) is 29.6 Å². The van der Waals surface area contributed by atoms with Gasteiger partial charge >= 0.3 is 0 Å². The lowest BCUT2D eigenvalue weighted by Gasteiger charge is -2.13. The van der Waals surface area contributed by atoms with Gasteiger partial charge in [0.05, 0.1) is 12.1 Å². The third-order valence-electron chi connectivity index (χ3n) is 5.06. The lowest BCUT2D eigenvalue weighted by Crippen LogP contribution is -2.06. The molecule has 0 bridgehead atoms. The van der Waals surface area contributed by atoms with Gasteiger partial charge in [0.1, 0.15) is 18.1 Å². The second-order valence-electron chi connectivity index (χ2n) is 7.31. The van der Waals surface area contributed by atoms with Gasteiger partial charge in [0.15, 0.2) is 11.5 Å². The van der Waals surface area contributed by atoms with Crippen LogP contribution >= 0.6 is 24.0 Å². The molecule has 0 spiro atoms. The lowest BCUT2D eigenvalue weighted by molar-refractivity contribution is 0.302. The Morgan fingerprint density at radius 1 is 1.03 bits per heavy atom. The summed E-state index contributed by atoms with van der Waals surface area (Å²) in [5.74, 6) is 1.49. The van der Waals surface area contributed by atoms with Crippen LogP contribution in [-0.2, 0) is 13.2 Å². The third-order valence-corrected chi connectivity index (χ3v) is 5.30. The van der Waals surface area contributed by atoms with E-state index in [2.05, 4.69) is 15.0 Å². The van der Waals surface area contributed by atoms with Crippen LogP contribution in [0.3, 0.4) is 0 Å². The molecule has 0 aliphatic carbocycles. The molecule has 1 N–H and O–H groups in total. The monoisotopic (exact) mass is 465 g/mol. The number of pyridine rings is 1. The highest BCUT2D eigenvalue weighted by molar-refractivity contribution is 6.30. The zero-order chi connectivity index (χ0) is 21.2. The van der Waals surface area contributed by atoms with Crippen LogP contribution in [0.1, 0.15) is 16.8 Å². The number of rotatable bonds is 6. The first-order valence-corrected chi connectivity index (χ1v) is 10.3. The number of hydrogen-bond acceptors (Lipinski definition) is 4. The molecule has 0 atom stereocenters. The summed E-state index contributed by atoms with van der Waals surface area (Å²) in [7, 11) is 0. The van der Waals surface area contributed by atoms with Crippen molar-refractivity contribution in [3.63, 3.8) is 0 Å². The number of imidazole rings is 1. The van der Waals surface area contributed by atoms with E-state index in [1.807, 2.05) is 78.3 Å². The Labute approximate surface area is 196 Å². The summed E-state index contributed by atoms with van der Waals surface area (Å²) in [4.78, 5) is 12.1. The second-order valence-corrected chi connectivity index (χ2v) is 7.75. The van der Waals surface area contributed by atoms with Gasteiger partial charge < -0.3 is 9.72 Å². The van der Waals surface area contributed by atoms with Crippen molar-refractivity contribution in [3.05, 3.63) is 94.8 Å². The van der Waals surface area contributed by atoms with E-state index < -0.39 is 0 Å². The third kappa shape index (κ3) is 4.61. The number of hydrogen-bond donors (Lipinski definition) is 1. The zero-order valence-corrected chi connectivity index (χ0v) is 18.9. The minimum atomic E-state index is 0. The maximum absolute atomic E-state index is 6.28. The molecule has 6 nitrogen and oxygen atoms in total. The zero-order valence-electron chi connectivity index (χ0n) is 17.3. The van der Waals surface area contributed by atoms with E-state index in [1.54, 1.807) is 6.20 Å². The van der Waals surface area contributed by atoms with Gasteiger partial charge in [0, 0.05) is 22.5 Å². The van der Waals surface area contributed by atoms with E-state index in [4.69, 9.17) is 21.4 Å². The number of ether oxygens (including phenoxy) is 1. The van der Waals surface area contributed by atoms with Crippen LogP contribution in [0.5, 0.6) is 5.75 Å². The Kier molecular flexibility index (Phi) is 6.44. The van der Waals surface area contributed by atoms with E-state index in [9.17, 15) is 0 Å². The molecule has 0 fully saturated rings. The van der Waals surface area contributed by atoms with E-state index in [1.165, 1.54) is 0 Å². The molecule has 0 aliphatic heterocycles. The van der Waals surface area contributed by atoms with Crippen molar-refractivity contribution in [3.8, 4) is 17.3 Å². The number of aromatic nitrogens is 5. The molecule has 5 rings (SSSR count). The Bertz CT molecular complexity index is 1310. The highest BCUT2D eigenvalue weighted by atomic mass is 35.5. The van der Waals surface area contributed by atoms with Crippen molar-refractivity contribution in [2.45, 2.75) is 20.1 Å². The van der Waals surface area contributed by atoms with Crippen LogP contribution in [0, 0.1) is 6.92 Å². The van der Waals surface area contributed by atoms with Crippen LogP contribution in [0.15, 0.2) is 72.9 Å². The topological polar surface area (TPSA) is 68.6 Å². The summed E-state index contributed by atoms with van der Waals surface area (Å²) < 4.78 is 8.02. The molecule has 5 aromatic rings. The average Bonchev–Trinajstić information content (AvgIpc) is 3.37. The molecule has 0 aliphatic rings. The molecule has 32 heavy (non-hydrogen) atoms. The molecule has 162 valence electrons. The standard InChI is InChI=1S/C24H20ClN5O.ClH/c1-16-12-21(24-27-20-8-5-11-26-23(20)28-24)29-30(16)14-18-13-19(25)9-10-22(18)31-15-17-6-3-2-4-7-17;/h2-13H,14-15H2,1H3,(H,26,27,28);1H. The lowest BCUT2D eigenvalue weighted by atomic mass is 10.2. The van der Waals surface area contributed by atoms with Crippen molar-refractivity contribution in [2.75, 3.05) is 0 Å². The molecule has 3 heterocycles. The molecule has 2 aromatic carbocycles. The van der Waals surface area contributed by atoms with Crippen LogP contribution in [0.2, 0.25) is 5.02 Å². The quantitative estimate of drug-likeness (QED) is 0.342. The number of nitrogens with zero attached hydrogens (tertiary/aromatic N) is 4. The molecule has 0 radical (unpaired) electrons. The van der Waals surface area contributed by atoms with Crippen molar-refractivity contribution in [1.82, 2.24) is 24.7 Å². The van der Waals surface area contributed by atoms with E-state index in [0.717, 1.165) is 33.8 Å². The van der Waals surface area contributed by atoms with Crippen molar-refractivity contribution >= 4 is 35.2 Å². The van der Waals surface area contributed by atoms with Gasteiger partial charge in [-0.1, -0.05) is 41.9 Å². The first-order valence-electron chi connectivity index (χ1n) is 9.96. The van der Waals surface area contributed by atoms with E-state index >= 15 is 0 Å². The van der Waals surface area contributed by atoms with Crippen LogP contribution in [-0.4, -0.2) is 24.7 Å². The minimum Gasteiger partial charge on any atom is -0.489 e. The summed E-state index contributed by atoms with van der Waals surface area (Å²) in [6.45, 7) is 3.05. The summed E-state index contributed by atoms with van der Waals surface area (Å²) in [5, 5.41) is 5.42. The number of fused-ring (bicyclic) bond motifs is 1. The molecule has 0 amide bonds. The number of H-pyrrole nitrogens is 1. The first kappa shape index (κ1) is 21.9. The maximum atomic E-state index is 6.28. The summed E-state index contributed by atoms with van der Waals surface area (Å²) in [5.41, 5.74) is 5.42. The predicted octanol–water partition coefficient (Wildman–Crippen LogP) is 5.83. The molecule has 8 heteroatoms. The minimum absolute atomic E-state index is 0. The van der Waals surface area contributed by atoms with E-state index in [-0.39, 0.29) is 12.4 Å². The molecule has 0 saturated carbocycles. The fraction of sp³-hybridized carbons (Fsp3) is 0.125. The maximum Gasteiger partial charge on any atom is 0.178 e. The molecule has 0 unspecified atom stereocenters. The van der Waals surface area contributed by atoms with Gasteiger partial charge in [-0.25, -0.2) is 9.97 Å². The highest BCUT2D eigenvalue weighted by Crippen LogP contribution is 2.26. The number of benzene rings is 2. The van der Waals surface area contributed by atoms with Gasteiger partial charge in [-0.2, -0.15) is 5.10 Å². The fourth-order valence-corrected chi connectivity index (χ4v) is 3.66. The van der Waals surface area contributed by atoms with Crippen molar-refractivity contribution in [2.24, 2.45) is 0 Å². The number of halogens is 2. The average molecular weight is 466 g/mol. The summed E-state index contributed by atoms with van der Waals surface area (Å²) >= 11 is 6.28. The number of aromatic amines is 1. The Morgan fingerprint density at radius 3 is 2.69 bits per heavy atom. The van der Waals surface area contributed by atoms with Crippen molar-refractivity contribution in [1.29, 1.82) is 0 Å². The highest BCUT2D eigenvalue weighted by Gasteiger charge is 2.14. The Hall–Kier alpha value is -3.35. The molecular formula is C24H21Cl2N5O. The van der Waals surface area contributed by atoms with Gasteiger partial charge in [0.25, 0.3) is 0 Å². The molecule has 3 aromatic heterocycles. The van der Waals surface area contributed by atoms with Gasteiger partial charge in [-0.15, -0.1) is 12.4 Å². The summed E-state index contributed by atoms with van der Waals surface area (Å²) in [6, 6.07) is 21.6.